The van der Waals surface area contributed by atoms with Crippen molar-refractivity contribution in [1.29, 1.82) is 0 Å². The Labute approximate surface area is 132 Å². The lowest BCUT2D eigenvalue weighted by atomic mass is 9.93. The van der Waals surface area contributed by atoms with Gasteiger partial charge in [-0.1, -0.05) is 33.8 Å². The molecule has 2 amide bonds. The molecule has 0 radical (unpaired) electrons. The molecule has 1 aliphatic rings. The van der Waals surface area contributed by atoms with E-state index in [-0.39, 0.29) is 17.9 Å². The number of rotatable bonds is 5. The van der Waals surface area contributed by atoms with Crippen molar-refractivity contribution < 1.29 is 9.59 Å². The molecule has 1 saturated heterocycles. The smallest absolute Gasteiger partial charge is 0.251 e. The van der Waals surface area contributed by atoms with Crippen molar-refractivity contribution in [3.63, 3.8) is 0 Å². The number of hydrogen-bond acceptors (Lipinski definition) is 2. The van der Waals surface area contributed by atoms with Crippen molar-refractivity contribution in [2.75, 3.05) is 11.4 Å². The van der Waals surface area contributed by atoms with E-state index >= 15 is 0 Å². The van der Waals surface area contributed by atoms with Crippen molar-refractivity contribution in [3.8, 4) is 0 Å². The average molecular weight is 302 g/mol. The molecule has 0 aromatic heterocycles. The quantitative estimate of drug-likeness (QED) is 0.908. The van der Waals surface area contributed by atoms with E-state index in [4.69, 9.17) is 0 Å². The fraction of sp³-hybridized carbons (Fsp3) is 0.556. The summed E-state index contributed by atoms with van der Waals surface area (Å²) in [7, 11) is 0. The molecule has 2 rings (SSSR count). The molecule has 0 unspecified atom stereocenters. The molecular weight excluding hydrogens is 276 g/mol. The number of hydrogen-bond donors (Lipinski definition) is 1. The lowest BCUT2D eigenvalue weighted by molar-refractivity contribution is -0.117. The van der Waals surface area contributed by atoms with Gasteiger partial charge in [-0.25, -0.2) is 0 Å². The number of carbonyl (C=O) groups excluding carboxylic acids is 2. The fourth-order valence-electron chi connectivity index (χ4n) is 3.07. The third kappa shape index (κ3) is 3.67. The van der Waals surface area contributed by atoms with Crippen LogP contribution in [0.5, 0.6) is 0 Å². The summed E-state index contributed by atoms with van der Waals surface area (Å²) < 4.78 is 0. The Morgan fingerprint density at radius 3 is 2.41 bits per heavy atom. The van der Waals surface area contributed by atoms with Gasteiger partial charge < -0.3 is 10.2 Å². The number of carbonyl (C=O) groups is 2. The van der Waals surface area contributed by atoms with Gasteiger partial charge in [0.15, 0.2) is 0 Å². The summed E-state index contributed by atoms with van der Waals surface area (Å²) in [5.41, 5.74) is 1.43. The van der Waals surface area contributed by atoms with Crippen molar-refractivity contribution >= 4 is 17.5 Å². The second-order valence-electron chi connectivity index (χ2n) is 6.69. The molecule has 120 valence electrons. The molecule has 1 N–H and O–H groups in total. The Morgan fingerprint density at radius 2 is 1.86 bits per heavy atom. The Kier molecular flexibility index (Phi) is 5.22. The fourth-order valence-corrected chi connectivity index (χ4v) is 3.07. The van der Waals surface area contributed by atoms with Gasteiger partial charge in [0.1, 0.15) is 0 Å². The highest BCUT2D eigenvalue weighted by Gasteiger charge is 2.23. The molecule has 0 bridgehead atoms. The van der Waals surface area contributed by atoms with Gasteiger partial charge in [0, 0.05) is 30.3 Å². The molecule has 1 aromatic rings. The molecule has 1 aromatic carbocycles. The lowest BCUT2D eigenvalue weighted by Crippen LogP contribution is -2.42. The van der Waals surface area contributed by atoms with Crippen LogP contribution in [0.4, 0.5) is 5.69 Å². The van der Waals surface area contributed by atoms with Crippen LogP contribution in [0.25, 0.3) is 0 Å². The summed E-state index contributed by atoms with van der Waals surface area (Å²) in [6.45, 7) is 9.20. The highest BCUT2D eigenvalue weighted by molar-refractivity contribution is 5.99. The zero-order chi connectivity index (χ0) is 16.3. The normalized spacial score (nSPS) is 15.2. The van der Waals surface area contributed by atoms with Gasteiger partial charge >= 0.3 is 0 Å². The van der Waals surface area contributed by atoms with E-state index in [1.54, 1.807) is 11.0 Å². The van der Waals surface area contributed by atoms with Crippen molar-refractivity contribution in [2.24, 2.45) is 11.8 Å². The predicted octanol–water partition coefficient (Wildman–Crippen LogP) is 3.22. The second kappa shape index (κ2) is 6.95. The van der Waals surface area contributed by atoms with E-state index in [2.05, 4.69) is 33.0 Å². The van der Waals surface area contributed by atoms with Crippen LogP contribution in [0, 0.1) is 11.8 Å². The number of nitrogens with zero attached hydrogens (tertiary/aromatic N) is 1. The van der Waals surface area contributed by atoms with Gasteiger partial charge in [0.25, 0.3) is 5.91 Å². The summed E-state index contributed by atoms with van der Waals surface area (Å²) in [4.78, 5) is 26.1. The van der Waals surface area contributed by atoms with E-state index in [0.717, 1.165) is 18.7 Å². The predicted molar refractivity (Wildman–Crippen MR) is 89.0 cm³/mol. The molecule has 1 heterocycles. The van der Waals surface area contributed by atoms with Gasteiger partial charge in [0.2, 0.25) is 5.91 Å². The van der Waals surface area contributed by atoms with Crippen LogP contribution in [0.2, 0.25) is 0 Å². The van der Waals surface area contributed by atoms with Crippen LogP contribution in [-0.2, 0) is 4.79 Å². The third-order valence-corrected chi connectivity index (χ3v) is 4.23. The Bertz CT molecular complexity index is 544. The van der Waals surface area contributed by atoms with E-state index in [9.17, 15) is 9.59 Å². The molecular formula is C18H26N2O2. The maximum absolute atomic E-state index is 12.5. The highest BCUT2D eigenvalue weighted by atomic mass is 16.2. The molecule has 0 aliphatic carbocycles. The molecule has 22 heavy (non-hydrogen) atoms. The van der Waals surface area contributed by atoms with Crippen LogP contribution >= 0.6 is 0 Å². The van der Waals surface area contributed by atoms with Crippen LogP contribution in [0.1, 0.15) is 50.9 Å². The zero-order valence-corrected chi connectivity index (χ0v) is 13.9. The monoisotopic (exact) mass is 302 g/mol. The summed E-state index contributed by atoms with van der Waals surface area (Å²) in [6.07, 6.45) is 1.48. The maximum atomic E-state index is 12.5. The summed E-state index contributed by atoms with van der Waals surface area (Å²) in [6, 6.07) is 7.50. The summed E-state index contributed by atoms with van der Waals surface area (Å²) in [5, 5.41) is 3.12. The zero-order valence-electron chi connectivity index (χ0n) is 13.9. The van der Waals surface area contributed by atoms with E-state index < -0.39 is 0 Å². The Balaban J connectivity index is 2.15. The minimum absolute atomic E-state index is 0.0686. The Morgan fingerprint density at radius 1 is 1.18 bits per heavy atom. The molecule has 0 saturated carbocycles. The molecule has 4 nitrogen and oxygen atoms in total. The minimum atomic E-state index is -0.0686. The van der Waals surface area contributed by atoms with Gasteiger partial charge in [-0.15, -0.1) is 0 Å². The van der Waals surface area contributed by atoms with Gasteiger partial charge in [-0.3, -0.25) is 9.59 Å². The van der Waals surface area contributed by atoms with E-state index in [1.165, 1.54) is 0 Å². The summed E-state index contributed by atoms with van der Waals surface area (Å²) >= 11 is 0. The number of amides is 2. The lowest BCUT2D eigenvalue weighted by Gasteiger charge is -2.26. The first-order valence-electron chi connectivity index (χ1n) is 8.11. The van der Waals surface area contributed by atoms with Crippen LogP contribution in [-0.4, -0.2) is 24.4 Å². The minimum Gasteiger partial charge on any atom is -0.349 e. The second-order valence-corrected chi connectivity index (χ2v) is 6.69. The molecule has 1 aliphatic heterocycles. The first-order chi connectivity index (χ1) is 10.4. The van der Waals surface area contributed by atoms with Crippen LogP contribution in [0.15, 0.2) is 24.3 Å². The number of anilines is 1. The van der Waals surface area contributed by atoms with Gasteiger partial charge in [-0.2, -0.15) is 0 Å². The van der Waals surface area contributed by atoms with Crippen molar-refractivity contribution in [1.82, 2.24) is 5.32 Å². The third-order valence-electron chi connectivity index (χ3n) is 4.23. The molecule has 4 heteroatoms. The maximum Gasteiger partial charge on any atom is 0.251 e. The topological polar surface area (TPSA) is 49.4 Å². The number of benzene rings is 1. The van der Waals surface area contributed by atoms with Crippen molar-refractivity contribution in [2.45, 2.75) is 46.6 Å². The van der Waals surface area contributed by atoms with Gasteiger partial charge in [0.05, 0.1) is 0 Å². The molecule has 1 fully saturated rings. The molecule has 0 spiro atoms. The number of nitrogens with one attached hydrogen (secondary N) is 1. The average Bonchev–Trinajstić information content (AvgIpc) is 2.90. The first-order valence-corrected chi connectivity index (χ1v) is 8.11. The van der Waals surface area contributed by atoms with E-state index in [1.807, 2.05) is 18.2 Å². The SMILES string of the molecule is CC(C)C(NC(=O)c1cccc(N2CCCC2=O)c1)C(C)C. The van der Waals surface area contributed by atoms with Gasteiger partial charge in [-0.05, 0) is 36.5 Å². The van der Waals surface area contributed by atoms with Crippen LogP contribution < -0.4 is 10.2 Å². The largest absolute Gasteiger partial charge is 0.349 e. The standard InChI is InChI=1S/C18H26N2O2/c1-12(2)17(13(3)4)19-18(22)14-7-5-8-15(11-14)20-10-6-9-16(20)21/h5,7-8,11-13,17H,6,9-10H2,1-4H3,(H,19,22). The molecule has 0 atom stereocenters. The highest BCUT2D eigenvalue weighted by Crippen LogP contribution is 2.22. The van der Waals surface area contributed by atoms with E-state index in [0.29, 0.717) is 23.8 Å². The van der Waals surface area contributed by atoms with Crippen LogP contribution in [0.3, 0.4) is 0 Å². The van der Waals surface area contributed by atoms with Crippen molar-refractivity contribution in [3.05, 3.63) is 29.8 Å². The summed E-state index contributed by atoms with van der Waals surface area (Å²) in [5.74, 6) is 0.834. The first kappa shape index (κ1) is 16.5. The Hall–Kier alpha value is -1.84.